The quantitative estimate of drug-likeness (QED) is 0.544. The number of nitrogens with zero attached hydrogens (tertiary/aromatic N) is 2. The van der Waals surface area contributed by atoms with Crippen molar-refractivity contribution in [3.63, 3.8) is 0 Å². The average molecular weight is 163 g/mol. The summed E-state index contributed by atoms with van der Waals surface area (Å²) in [5, 5.41) is 8.68. The summed E-state index contributed by atoms with van der Waals surface area (Å²) in [6, 6.07) is 4.95. The summed E-state index contributed by atoms with van der Waals surface area (Å²) in [7, 11) is 0. The molecule has 0 aliphatic heterocycles. The van der Waals surface area contributed by atoms with Crippen molar-refractivity contribution in [3.05, 3.63) is 29.0 Å². The summed E-state index contributed by atoms with van der Waals surface area (Å²) >= 11 is 5.63. The lowest BCUT2D eigenvalue weighted by molar-refractivity contribution is 1.29. The van der Waals surface area contributed by atoms with Crippen LogP contribution in [-0.4, -0.2) is 4.98 Å². The van der Waals surface area contributed by atoms with Gasteiger partial charge in [-0.2, -0.15) is 5.26 Å². The van der Waals surface area contributed by atoms with Crippen LogP contribution in [0.5, 0.6) is 0 Å². The molecule has 0 spiro atoms. The van der Waals surface area contributed by atoms with E-state index in [1.807, 2.05) is 0 Å². The third-order valence-corrected chi connectivity index (χ3v) is 1.20. The lowest BCUT2D eigenvalue weighted by atomic mass is 10.3. The highest BCUT2D eigenvalue weighted by Gasteiger charge is 1.88. The Morgan fingerprint density at radius 2 is 2.36 bits per heavy atom. The van der Waals surface area contributed by atoms with Gasteiger partial charge in [0.25, 0.3) is 0 Å². The largest absolute Gasteiger partial charge is 0.248 e. The Bertz CT molecular complexity index is 354. The number of aromatic nitrogens is 1. The fraction of sp³-hybridized carbons (Fsp3) is 0. The Labute approximate surface area is 69.4 Å². The van der Waals surface area contributed by atoms with Gasteiger partial charge in [-0.15, -0.1) is 0 Å². The first-order valence-corrected chi connectivity index (χ1v) is 3.22. The van der Waals surface area contributed by atoms with E-state index in [1.54, 1.807) is 24.4 Å². The minimum atomic E-state index is 0.513. The highest BCUT2D eigenvalue weighted by Crippen LogP contribution is 2.06. The van der Waals surface area contributed by atoms with Crippen molar-refractivity contribution in [1.29, 1.82) is 5.26 Å². The summed E-state index contributed by atoms with van der Waals surface area (Å²) in [4.78, 5) is 3.87. The van der Waals surface area contributed by atoms with Crippen molar-refractivity contribution < 1.29 is 0 Å². The zero-order valence-corrected chi connectivity index (χ0v) is 6.26. The van der Waals surface area contributed by atoms with Gasteiger partial charge < -0.3 is 0 Å². The van der Waals surface area contributed by atoms with Gasteiger partial charge >= 0.3 is 0 Å². The van der Waals surface area contributed by atoms with Crippen LogP contribution in [-0.2, 0) is 0 Å². The molecule has 0 unspecified atom stereocenters. The van der Waals surface area contributed by atoms with Crippen LogP contribution in [0, 0.1) is 23.2 Å². The van der Waals surface area contributed by atoms with Gasteiger partial charge in [0.15, 0.2) is 6.07 Å². The number of hydrogen-bond donors (Lipinski definition) is 0. The minimum absolute atomic E-state index is 0.513. The maximum atomic E-state index is 8.11. The molecule has 0 N–H and O–H groups in total. The van der Waals surface area contributed by atoms with E-state index in [9.17, 15) is 0 Å². The Balaban J connectivity index is 2.99. The first-order chi connectivity index (χ1) is 5.33. The number of halogens is 1. The molecule has 1 heterocycles. The molecule has 1 rings (SSSR count). The second-order valence-corrected chi connectivity index (χ2v) is 2.16. The van der Waals surface area contributed by atoms with Crippen LogP contribution >= 0.6 is 11.6 Å². The number of nitriles is 1. The van der Waals surface area contributed by atoms with Gasteiger partial charge in [0.1, 0.15) is 5.69 Å². The molecule has 0 saturated carbocycles. The highest BCUT2D eigenvalue weighted by atomic mass is 35.5. The second kappa shape index (κ2) is 3.61. The lowest BCUT2D eigenvalue weighted by Gasteiger charge is -1.87. The standard InChI is InChI=1S/C8H3ClN2/c9-7-3-5-11-8(6-7)2-1-4-10/h3,5-6H. The van der Waals surface area contributed by atoms with E-state index in [2.05, 4.69) is 16.8 Å². The molecule has 0 radical (unpaired) electrons. The average Bonchev–Trinajstić information content (AvgIpc) is 2.01. The fourth-order valence-corrected chi connectivity index (χ4v) is 0.725. The maximum Gasteiger partial charge on any atom is 0.152 e. The predicted octanol–water partition coefficient (Wildman–Crippen LogP) is 1.61. The molecule has 0 fully saturated rings. The van der Waals surface area contributed by atoms with Crippen molar-refractivity contribution >= 4 is 11.6 Å². The van der Waals surface area contributed by atoms with Gasteiger partial charge in [-0.1, -0.05) is 11.6 Å². The van der Waals surface area contributed by atoms with Crippen LogP contribution < -0.4 is 0 Å². The summed E-state index contributed by atoms with van der Waals surface area (Å²) < 4.78 is 0. The molecule has 0 atom stereocenters. The van der Waals surface area contributed by atoms with Gasteiger partial charge in [0, 0.05) is 17.1 Å². The molecule has 1 aromatic heterocycles. The molecule has 3 heteroatoms. The van der Waals surface area contributed by atoms with Crippen molar-refractivity contribution in [2.75, 3.05) is 0 Å². The molecular formula is C8H3ClN2. The van der Waals surface area contributed by atoms with Gasteiger partial charge in [-0.3, -0.25) is 0 Å². The van der Waals surface area contributed by atoms with Crippen molar-refractivity contribution in [3.8, 4) is 17.9 Å². The van der Waals surface area contributed by atoms with E-state index >= 15 is 0 Å². The van der Waals surface area contributed by atoms with Gasteiger partial charge in [0.2, 0.25) is 0 Å². The van der Waals surface area contributed by atoms with Gasteiger partial charge in [-0.05, 0) is 18.1 Å². The molecule has 0 bridgehead atoms. The highest BCUT2D eigenvalue weighted by molar-refractivity contribution is 6.30. The summed E-state index contributed by atoms with van der Waals surface area (Å²) in [6.45, 7) is 0. The smallest absolute Gasteiger partial charge is 0.152 e. The van der Waals surface area contributed by atoms with E-state index in [0.717, 1.165) is 0 Å². The Morgan fingerprint density at radius 3 is 3.00 bits per heavy atom. The molecule has 11 heavy (non-hydrogen) atoms. The molecule has 0 amide bonds. The zero-order chi connectivity index (χ0) is 8.10. The third kappa shape index (κ3) is 2.29. The van der Waals surface area contributed by atoms with Crippen LogP contribution in [0.1, 0.15) is 5.69 Å². The number of rotatable bonds is 0. The maximum absolute atomic E-state index is 8.11. The SMILES string of the molecule is N#CC#Cc1cc(Cl)ccn1. The summed E-state index contributed by atoms with van der Waals surface area (Å²) in [5.41, 5.74) is 0.513. The summed E-state index contributed by atoms with van der Waals surface area (Å²) in [6.07, 6.45) is 1.55. The molecule has 52 valence electrons. The zero-order valence-electron chi connectivity index (χ0n) is 5.50. The van der Waals surface area contributed by atoms with E-state index in [4.69, 9.17) is 16.9 Å². The Hall–Kier alpha value is -1.51. The molecule has 0 aliphatic rings. The van der Waals surface area contributed by atoms with E-state index in [1.165, 1.54) is 0 Å². The van der Waals surface area contributed by atoms with E-state index in [0.29, 0.717) is 10.7 Å². The first-order valence-electron chi connectivity index (χ1n) is 2.84. The van der Waals surface area contributed by atoms with E-state index < -0.39 is 0 Å². The Kier molecular flexibility index (Phi) is 2.49. The molecule has 0 saturated heterocycles. The topological polar surface area (TPSA) is 36.7 Å². The van der Waals surface area contributed by atoms with Crippen LogP contribution in [0.15, 0.2) is 18.3 Å². The van der Waals surface area contributed by atoms with E-state index in [-0.39, 0.29) is 0 Å². The second-order valence-electron chi connectivity index (χ2n) is 1.72. The van der Waals surface area contributed by atoms with Crippen LogP contribution in [0.2, 0.25) is 5.02 Å². The molecule has 0 aliphatic carbocycles. The van der Waals surface area contributed by atoms with Crippen molar-refractivity contribution in [2.45, 2.75) is 0 Å². The van der Waals surface area contributed by atoms with Crippen molar-refractivity contribution in [1.82, 2.24) is 4.98 Å². The number of hydrogen-bond acceptors (Lipinski definition) is 2. The summed E-state index contributed by atoms with van der Waals surface area (Å²) in [5.74, 6) is 4.75. The fourth-order valence-electron chi connectivity index (χ4n) is 0.565. The van der Waals surface area contributed by atoms with Crippen molar-refractivity contribution in [2.24, 2.45) is 0 Å². The number of pyridine rings is 1. The lowest BCUT2D eigenvalue weighted by Crippen LogP contribution is -1.78. The molecule has 1 aromatic rings. The Morgan fingerprint density at radius 1 is 1.55 bits per heavy atom. The molecule has 0 aromatic carbocycles. The molecular weight excluding hydrogens is 160 g/mol. The first kappa shape index (κ1) is 7.60. The van der Waals surface area contributed by atoms with Gasteiger partial charge in [-0.25, -0.2) is 4.98 Å². The molecule has 2 nitrogen and oxygen atoms in total. The predicted molar refractivity (Wildman–Crippen MR) is 41.7 cm³/mol. The van der Waals surface area contributed by atoms with Crippen LogP contribution in [0.25, 0.3) is 0 Å². The normalized spacial score (nSPS) is 7.64. The van der Waals surface area contributed by atoms with Crippen LogP contribution in [0.4, 0.5) is 0 Å². The monoisotopic (exact) mass is 162 g/mol. The van der Waals surface area contributed by atoms with Crippen LogP contribution in [0.3, 0.4) is 0 Å². The third-order valence-electron chi connectivity index (χ3n) is 0.968. The van der Waals surface area contributed by atoms with Gasteiger partial charge in [0.05, 0.1) is 0 Å². The minimum Gasteiger partial charge on any atom is -0.248 e.